The van der Waals surface area contributed by atoms with E-state index in [1.807, 2.05) is 28.7 Å². The van der Waals surface area contributed by atoms with Crippen molar-refractivity contribution in [2.45, 2.75) is 18.9 Å². The van der Waals surface area contributed by atoms with Crippen molar-refractivity contribution in [3.8, 4) is 5.75 Å². The molecule has 0 amide bonds. The molecule has 1 aromatic rings. The van der Waals surface area contributed by atoms with Crippen LogP contribution in [0, 0.1) is 9.39 Å². The molecule has 0 aromatic heterocycles. The zero-order valence-corrected chi connectivity index (χ0v) is 8.55. The molecule has 1 aliphatic carbocycles. The van der Waals surface area contributed by atoms with Gasteiger partial charge in [-0.3, -0.25) is 0 Å². The molecule has 0 heterocycles. The number of benzene rings is 1. The number of rotatable bonds is 2. The summed E-state index contributed by atoms with van der Waals surface area (Å²) in [4.78, 5) is 0. The molecule has 2 rings (SSSR count). The molecule has 0 saturated heterocycles. The molecule has 0 radical (unpaired) electrons. The minimum Gasteiger partial charge on any atom is -0.490 e. The van der Waals surface area contributed by atoms with Crippen LogP contribution in [0.1, 0.15) is 12.8 Å². The average Bonchev–Trinajstić information content (AvgIpc) is 2.81. The summed E-state index contributed by atoms with van der Waals surface area (Å²) in [6, 6.07) is 4.98. The van der Waals surface area contributed by atoms with Crippen LogP contribution in [0.25, 0.3) is 0 Å². The predicted molar refractivity (Wildman–Crippen MR) is 52.8 cm³/mol. The normalized spacial score (nSPS) is 16.2. The van der Waals surface area contributed by atoms with Crippen molar-refractivity contribution in [3.63, 3.8) is 0 Å². The maximum Gasteiger partial charge on any atom is 0.140 e. The van der Waals surface area contributed by atoms with Crippen molar-refractivity contribution in [1.82, 2.24) is 0 Å². The summed E-state index contributed by atoms with van der Waals surface area (Å²) < 4.78 is 19.0. The highest BCUT2D eigenvalue weighted by atomic mass is 127. The lowest BCUT2D eigenvalue weighted by Crippen LogP contribution is -1.96. The Morgan fingerprint density at radius 2 is 2.17 bits per heavy atom. The third-order valence-corrected chi connectivity index (χ3v) is 2.59. The fraction of sp³-hybridized carbons (Fsp3) is 0.333. The Bertz CT molecular complexity index is 297. The van der Waals surface area contributed by atoms with Crippen LogP contribution in [0.3, 0.4) is 0 Å². The lowest BCUT2D eigenvalue weighted by Gasteiger charge is -2.03. The summed E-state index contributed by atoms with van der Waals surface area (Å²) >= 11 is 1.96. The summed E-state index contributed by atoms with van der Waals surface area (Å²) in [5, 5.41) is 0. The van der Waals surface area contributed by atoms with E-state index in [1.165, 1.54) is 6.07 Å². The molecule has 0 unspecified atom stereocenters. The molecule has 1 aromatic carbocycles. The van der Waals surface area contributed by atoms with E-state index in [0.29, 0.717) is 15.4 Å². The van der Waals surface area contributed by atoms with E-state index in [-0.39, 0.29) is 5.82 Å². The fourth-order valence-electron chi connectivity index (χ4n) is 0.929. The number of halogens is 2. The van der Waals surface area contributed by atoms with Gasteiger partial charge in [0.25, 0.3) is 0 Å². The molecule has 0 aliphatic heterocycles. The van der Waals surface area contributed by atoms with Gasteiger partial charge >= 0.3 is 0 Å². The molecule has 0 atom stereocenters. The SMILES string of the molecule is Fc1cc(OC2CC2)ccc1I. The van der Waals surface area contributed by atoms with Gasteiger partial charge in [-0.15, -0.1) is 0 Å². The Labute approximate surface area is 84.1 Å². The van der Waals surface area contributed by atoms with Gasteiger partial charge in [-0.2, -0.15) is 0 Å². The fourth-order valence-corrected chi connectivity index (χ4v) is 1.26. The Hall–Kier alpha value is -0.320. The molecule has 12 heavy (non-hydrogen) atoms. The minimum atomic E-state index is -0.200. The highest BCUT2D eigenvalue weighted by molar-refractivity contribution is 14.1. The summed E-state index contributed by atoms with van der Waals surface area (Å²) in [6.07, 6.45) is 2.55. The zero-order valence-electron chi connectivity index (χ0n) is 6.39. The molecule has 1 saturated carbocycles. The van der Waals surface area contributed by atoms with Crippen LogP contribution < -0.4 is 4.74 Å². The van der Waals surface area contributed by atoms with Crippen LogP contribution in [0.15, 0.2) is 18.2 Å². The number of hydrogen-bond donors (Lipinski definition) is 0. The highest BCUT2D eigenvalue weighted by Gasteiger charge is 2.23. The summed E-state index contributed by atoms with van der Waals surface area (Å²) in [5.41, 5.74) is 0. The van der Waals surface area contributed by atoms with Crippen LogP contribution in [0.5, 0.6) is 5.75 Å². The predicted octanol–water partition coefficient (Wildman–Crippen LogP) is 2.97. The van der Waals surface area contributed by atoms with Crippen LogP contribution in [0.4, 0.5) is 4.39 Å². The van der Waals surface area contributed by atoms with Gasteiger partial charge in [0.2, 0.25) is 0 Å². The monoisotopic (exact) mass is 278 g/mol. The van der Waals surface area contributed by atoms with Crippen molar-refractivity contribution in [2.75, 3.05) is 0 Å². The Morgan fingerprint density at radius 1 is 1.42 bits per heavy atom. The van der Waals surface area contributed by atoms with Crippen molar-refractivity contribution < 1.29 is 9.13 Å². The maximum absolute atomic E-state index is 13.0. The van der Waals surface area contributed by atoms with E-state index in [9.17, 15) is 4.39 Å². The van der Waals surface area contributed by atoms with Gasteiger partial charge in [0, 0.05) is 9.64 Å². The van der Waals surface area contributed by atoms with Crippen molar-refractivity contribution in [2.24, 2.45) is 0 Å². The quantitative estimate of drug-likeness (QED) is 0.756. The lowest BCUT2D eigenvalue weighted by atomic mass is 10.3. The summed E-state index contributed by atoms with van der Waals surface area (Å²) in [7, 11) is 0. The van der Waals surface area contributed by atoms with Crippen molar-refractivity contribution in [3.05, 3.63) is 27.6 Å². The van der Waals surface area contributed by atoms with Gasteiger partial charge in [0.05, 0.1) is 6.10 Å². The van der Waals surface area contributed by atoms with E-state index in [4.69, 9.17) is 4.74 Å². The molecule has 1 nitrogen and oxygen atoms in total. The Balaban J connectivity index is 2.15. The third-order valence-electron chi connectivity index (χ3n) is 1.72. The van der Waals surface area contributed by atoms with Gasteiger partial charge < -0.3 is 4.74 Å². The first-order valence-electron chi connectivity index (χ1n) is 3.87. The first kappa shape index (κ1) is 8.29. The molecule has 1 aliphatic rings. The molecule has 0 spiro atoms. The van der Waals surface area contributed by atoms with Crippen molar-refractivity contribution in [1.29, 1.82) is 0 Å². The first-order valence-corrected chi connectivity index (χ1v) is 4.95. The van der Waals surface area contributed by atoms with Crippen LogP contribution in [-0.4, -0.2) is 6.10 Å². The molecule has 0 N–H and O–H groups in total. The van der Waals surface area contributed by atoms with E-state index < -0.39 is 0 Å². The molecule has 1 fully saturated rings. The maximum atomic E-state index is 13.0. The summed E-state index contributed by atoms with van der Waals surface area (Å²) in [6.45, 7) is 0. The third kappa shape index (κ3) is 1.88. The van der Waals surface area contributed by atoms with E-state index in [2.05, 4.69) is 0 Å². The zero-order chi connectivity index (χ0) is 8.55. The molecule has 0 bridgehead atoms. The van der Waals surface area contributed by atoms with Gasteiger partial charge in [0.15, 0.2) is 0 Å². The number of ether oxygens (including phenoxy) is 1. The summed E-state index contributed by atoms with van der Waals surface area (Å²) in [5.74, 6) is 0.448. The van der Waals surface area contributed by atoms with E-state index in [1.54, 1.807) is 6.07 Å². The molecular formula is C9H8FIO. The van der Waals surface area contributed by atoms with E-state index >= 15 is 0 Å². The second kappa shape index (κ2) is 3.20. The van der Waals surface area contributed by atoms with Gasteiger partial charge in [-0.25, -0.2) is 4.39 Å². The van der Waals surface area contributed by atoms with Gasteiger partial charge in [-0.1, -0.05) is 0 Å². The van der Waals surface area contributed by atoms with Crippen molar-refractivity contribution >= 4 is 22.6 Å². The van der Waals surface area contributed by atoms with Crippen LogP contribution in [0.2, 0.25) is 0 Å². The Kier molecular flexibility index (Phi) is 2.21. The smallest absolute Gasteiger partial charge is 0.140 e. The average molecular weight is 278 g/mol. The topological polar surface area (TPSA) is 9.23 Å². The van der Waals surface area contributed by atoms with Gasteiger partial charge in [0.1, 0.15) is 11.6 Å². The van der Waals surface area contributed by atoms with Gasteiger partial charge in [-0.05, 0) is 47.6 Å². The molecule has 64 valence electrons. The first-order chi connectivity index (χ1) is 5.75. The number of hydrogen-bond acceptors (Lipinski definition) is 1. The Morgan fingerprint density at radius 3 is 2.75 bits per heavy atom. The molecule has 3 heteroatoms. The highest BCUT2D eigenvalue weighted by Crippen LogP contribution is 2.27. The van der Waals surface area contributed by atoms with E-state index in [0.717, 1.165) is 12.8 Å². The second-order valence-electron chi connectivity index (χ2n) is 2.89. The molecular weight excluding hydrogens is 270 g/mol. The lowest BCUT2D eigenvalue weighted by molar-refractivity contribution is 0.301. The largest absolute Gasteiger partial charge is 0.490 e. The standard InChI is InChI=1S/C9H8FIO/c10-8-5-7(3-4-9(8)11)12-6-1-2-6/h3-6H,1-2H2. The minimum absolute atomic E-state index is 0.200. The second-order valence-corrected chi connectivity index (χ2v) is 4.06. The van der Waals surface area contributed by atoms with Crippen LogP contribution in [-0.2, 0) is 0 Å². The van der Waals surface area contributed by atoms with Crippen LogP contribution >= 0.6 is 22.6 Å².